The monoisotopic (exact) mass is 317 g/mol. The molecule has 2 aromatic rings. The van der Waals surface area contributed by atoms with E-state index in [4.69, 9.17) is 4.42 Å². The van der Waals surface area contributed by atoms with Gasteiger partial charge in [-0.2, -0.15) is 0 Å². The Balaban J connectivity index is 1.75. The third kappa shape index (κ3) is 5.26. The van der Waals surface area contributed by atoms with E-state index in [9.17, 15) is 4.79 Å². The van der Waals surface area contributed by atoms with E-state index in [1.165, 1.54) is 5.56 Å². The van der Waals surface area contributed by atoms with E-state index in [0.29, 0.717) is 18.1 Å². The fourth-order valence-electron chi connectivity index (χ4n) is 2.20. The van der Waals surface area contributed by atoms with Gasteiger partial charge < -0.3 is 9.73 Å². The quantitative estimate of drug-likeness (QED) is 0.777. The molecule has 0 saturated carbocycles. The van der Waals surface area contributed by atoms with Gasteiger partial charge in [0.05, 0.1) is 12.0 Å². The van der Waals surface area contributed by atoms with Crippen LogP contribution in [0.15, 0.2) is 52.0 Å². The van der Waals surface area contributed by atoms with Crippen LogP contribution >= 0.6 is 11.8 Å². The number of amides is 1. The summed E-state index contributed by atoms with van der Waals surface area (Å²) in [5, 5.41) is 3.00. The molecule has 1 aromatic heterocycles. The van der Waals surface area contributed by atoms with Gasteiger partial charge >= 0.3 is 0 Å². The van der Waals surface area contributed by atoms with Gasteiger partial charge in [-0.3, -0.25) is 4.79 Å². The fraction of sp³-hybridized carbons (Fsp3) is 0.389. The minimum atomic E-state index is 0.0528. The second-order valence-electron chi connectivity index (χ2n) is 5.76. The highest BCUT2D eigenvalue weighted by molar-refractivity contribution is 8.00. The summed E-state index contributed by atoms with van der Waals surface area (Å²) in [5.74, 6) is 1.91. The Bertz CT molecular complexity index is 576. The van der Waals surface area contributed by atoms with Crippen molar-refractivity contribution in [3.63, 3.8) is 0 Å². The highest BCUT2D eigenvalue weighted by atomic mass is 32.2. The number of furan rings is 1. The standard InChI is InChI=1S/C18H23NO2S/c1-13(2)15-6-8-17(9-7-15)22-12-18(20)19-14(3)11-16-5-4-10-21-16/h4-10,13-14H,11-12H2,1-3H3,(H,19,20). The van der Waals surface area contributed by atoms with Crippen LogP contribution in [-0.2, 0) is 11.2 Å². The predicted octanol–water partition coefficient (Wildman–Crippen LogP) is 4.24. The molecule has 0 spiro atoms. The number of rotatable bonds is 7. The predicted molar refractivity (Wildman–Crippen MR) is 91.3 cm³/mol. The Labute approximate surface area is 136 Å². The number of nitrogens with one attached hydrogen (secondary N) is 1. The molecular weight excluding hydrogens is 294 g/mol. The summed E-state index contributed by atoms with van der Waals surface area (Å²) in [7, 11) is 0. The van der Waals surface area contributed by atoms with Crippen molar-refractivity contribution in [2.75, 3.05) is 5.75 Å². The van der Waals surface area contributed by atoms with E-state index < -0.39 is 0 Å². The molecule has 1 atom stereocenters. The van der Waals surface area contributed by atoms with Gasteiger partial charge in [-0.25, -0.2) is 0 Å². The lowest BCUT2D eigenvalue weighted by Gasteiger charge is -2.12. The zero-order valence-corrected chi connectivity index (χ0v) is 14.2. The van der Waals surface area contributed by atoms with Crippen LogP contribution in [0.4, 0.5) is 0 Å². The molecule has 0 fully saturated rings. The normalized spacial score (nSPS) is 12.4. The molecule has 1 heterocycles. The van der Waals surface area contributed by atoms with Gasteiger partial charge in [0.15, 0.2) is 0 Å². The van der Waals surface area contributed by atoms with Gasteiger partial charge in [-0.1, -0.05) is 26.0 Å². The number of hydrogen-bond acceptors (Lipinski definition) is 3. The highest BCUT2D eigenvalue weighted by Gasteiger charge is 2.10. The Morgan fingerprint density at radius 2 is 1.91 bits per heavy atom. The molecule has 2 rings (SSSR count). The van der Waals surface area contributed by atoms with Crippen LogP contribution in [0.25, 0.3) is 0 Å². The van der Waals surface area contributed by atoms with E-state index in [0.717, 1.165) is 10.7 Å². The Morgan fingerprint density at radius 1 is 1.18 bits per heavy atom. The first kappa shape index (κ1) is 16.7. The maximum atomic E-state index is 12.0. The second kappa shape index (κ2) is 8.08. The zero-order valence-electron chi connectivity index (χ0n) is 13.3. The molecular formula is C18H23NO2S. The summed E-state index contributed by atoms with van der Waals surface area (Å²) in [6, 6.07) is 12.3. The Hall–Kier alpha value is -1.68. The van der Waals surface area contributed by atoms with Crippen molar-refractivity contribution in [2.24, 2.45) is 0 Å². The maximum Gasteiger partial charge on any atom is 0.230 e. The molecule has 1 N–H and O–H groups in total. The van der Waals surface area contributed by atoms with Crippen LogP contribution in [0.1, 0.15) is 38.0 Å². The molecule has 118 valence electrons. The molecule has 1 aromatic carbocycles. The minimum Gasteiger partial charge on any atom is -0.469 e. The Kier molecular flexibility index (Phi) is 6.13. The van der Waals surface area contributed by atoms with Gasteiger partial charge in [0.1, 0.15) is 5.76 Å². The van der Waals surface area contributed by atoms with Crippen LogP contribution in [0.3, 0.4) is 0 Å². The number of carbonyl (C=O) groups excluding carboxylic acids is 1. The van der Waals surface area contributed by atoms with Crippen molar-refractivity contribution in [3.8, 4) is 0 Å². The molecule has 0 radical (unpaired) electrons. The summed E-state index contributed by atoms with van der Waals surface area (Å²) < 4.78 is 5.29. The fourth-order valence-corrected chi connectivity index (χ4v) is 2.91. The summed E-state index contributed by atoms with van der Waals surface area (Å²) in [4.78, 5) is 13.1. The maximum absolute atomic E-state index is 12.0. The molecule has 0 bridgehead atoms. The van der Waals surface area contributed by atoms with E-state index in [-0.39, 0.29) is 11.9 Å². The molecule has 3 nitrogen and oxygen atoms in total. The highest BCUT2D eigenvalue weighted by Crippen LogP contribution is 2.21. The molecule has 22 heavy (non-hydrogen) atoms. The third-order valence-corrected chi connectivity index (χ3v) is 4.42. The average Bonchev–Trinajstić information content (AvgIpc) is 2.98. The van der Waals surface area contributed by atoms with Gasteiger partial charge in [0, 0.05) is 17.4 Å². The second-order valence-corrected chi connectivity index (χ2v) is 6.81. The summed E-state index contributed by atoms with van der Waals surface area (Å²) in [5.41, 5.74) is 1.32. The van der Waals surface area contributed by atoms with Crippen molar-refractivity contribution in [2.45, 2.75) is 44.0 Å². The number of carbonyl (C=O) groups is 1. The number of benzene rings is 1. The number of thioether (sulfide) groups is 1. The van der Waals surface area contributed by atoms with Gasteiger partial charge in [-0.15, -0.1) is 11.8 Å². The van der Waals surface area contributed by atoms with E-state index >= 15 is 0 Å². The Morgan fingerprint density at radius 3 is 2.50 bits per heavy atom. The first-order valence-corrected chi connectivity index (χ1v) is 8.57. The molecule has 0 aliphatic carbocycles. The topological polar surface area (TPSA) is 42.2 Å². The lowest BCUT2D eigenvalue weighted by molar-refractivity contribution is -0.119. The number of hydrogen-bond donors (Lipinski definition) is 1. The smallest absolute Gasteiger partial charge is 0.230 e. The van der Waals surface area contributed by atoms with E-state index in [1.807, 2.05) is 19.1 Å². The average molecular weight is 317 g/mol. The molecule has 1 unspecified atom stereocenters. The third-order valence-electron chi connectivity index (χ3n) is 3.41. The molecule has 0 saturated heterocycles. The molecule has 0 aliphatic heterocycles. The first-order chi connectivity index (χ1) is 10.5. The summed E-state index contributed by atoms with van der Waals surface area (Å²) >= 11 is 1.56. The first-order valence-electron chi connectivity index (χ1n) is 7.59. The molecule has 4 heteroatoms. The molecule has 1 amide bonds. The van der Waals surface area contributed by atoms with Gasteiger partial charge in [0.25, 0.3) is 0 Å². The van der Waals surface area contributed by atoms with Gasteiger partial charge in [0.2, 0.25) is 5.91 Å². The van der Waals surface area contributed by atoms with Crippen molar-refractivity contribution in [1.29, 1.82) is 0 Å². The van der Waals surface area contributed by atoms with Crippen LogP contribution in [0.2, 0.25) is 0 Å². The van der Waals surface area contributed by atoms with Crippen LogP contribution in [0.5, 0.6) is 0 Å². The van der Waals surface area contributed by atoms with Crippen molar-refractivity contribution in [1.82, 2.24) is 5.32 Å². The van der Waals surface area contributed by atoms with Crippen molar-refractivity contribution in [3.05, 3.63) is 54.0 Å². The lowest BCUT2D eigenvalue weighted by Crippen LogP contribution is -2.35. The summed E-state index contributed by atoms with van der Waals surface area (Å²) in [6.45, 7) is 6.34. The van der Waals surface area contributed by atoms with Crippen LogP contribution < -0.4 is 5.32 Å². The van der Waals surface area contributed by atoms with E-state index in [2.05, 4.69) is 43.4 Å². The van der Waals surface area contributed by atoms with Crippen molar-refractivity contribution < 1.29 is 9.21 Å². The van der Waals surface area contributed by atoms with Crippen LogP contribution in [0, 0.1) is 0 Å². The minimum absolute atomic E-state index is 0.0528. The largest absolute Gasteiger partial charge is 0.469 e. The van der Waals surface area contributed by atoms with E-state index in [1.54, 1.807) is 18.0 Å². The zero-order chi connectivity index (χ0) is 15.9. The van der Waals surface area contributed by atoms with Gasteiger partial charge in [-0.05, 0) is 42.7 Å². The lowest BCUT2D eigenvalue weighted by atomic mass is 10.0. The SMILES string of the molecule is CC(Cc1ccco1)NC(=O)CSc1ccc(C(C)C)cc1. The summed E-state index contributed by atoms with van der Waals surface area (Å²) in [6.07, 6.45) is 2.37. The molecule has 0 aliphatic rings. The van der Waals surface area contributed by atoms with Crippen molar-refractivity contribution >= 4 is 17.7 Å². The van der Waals surface area contributed by atoms with Crippen LogP contribution in [-0.4, -0.2) is 17.7 Å².